The molecule has 140 valence electrons. The highest BCUT2D eigenvalue weighted by molar-refractivity contribution is 5.36. The van der Waals surface area contributed by atoms with Gasteiger partial charge in [-0.05, 0) is 44.3 Å². The number of ether oxygens (including phenoxy) is 1. The molecule has 3 heterocycles. The number of rotatable bonds is 3. The maximum atomic E-state index is 11.8. The van der Waals surface area contributed by atoms with E-state index in [0.29, 0.717) is 5.92 Å². The average molecular weight is 354 g/mol. The summed E-state index contributed by atoms with van der Waals surface area (Å²) in [5.74, 6) is 7.56. The number of piperidine rings is 3. The first-order valence-electron chi connectivity index (χ1n) is 10.3. The fourth-order valence-electron chi connectivity index (χ4n) is 5.27. The van der Waals surface area contributed by atoms with Gasteiger partial charge in [0.2, 0.25) is 0 Å². The quantitative estimate of drug-likeness (QED) is 0.843. The number of methoxy groups -OCH3 is 1. The number of hydrogen-bond donors (Lipinski definition) is 1. The lowest BCUT2D eigenvalue weighted by atomic mass is 9.72. The summed E-state index contributed by atoms with van der Waals surface area (Å²) >= 11 is 0. The number of fused-ring (bicyclic) bond motifs is 3. The molecular formula is C23H31NO2. The van der Waals surface area contributed by atoms with Crippen LogP contribution in [0.5, 0.6) is 0 Å². The number of aliphatic hydroxyl groups is 1. The summed E-state index contributed by atoms with van der Waals surface area (Å²) in [6.45, 7) is 3.18. The van der Waals surface area contributed by atoms with Crippen LogP contribution in [0, 0.1) is 23.7 Å². The highest BCUT2D eigenvalue weighted by Gasteiger charge is 2.47. The van der Waals surface area contributed by atoms with Crippen LogP contribution in [-0.4, -0.2) is 42.4 Å². The first-order chi connectivity index (χ1) is 12.7. The second-order valence-corrected chi connectivity index (χ2v) is 8.36. The fourth-order valence-corrected chi connectivity index (χ4v) is 5.27. The Morgan fingerprint density at radius 2 is 1.77 bits per heavy atom. The van der Waals surface area contributed by atoms with Crippen molar-refractivity contribution in [1.82, 2.24) is 4.90 Å². The Labute approximate surface area is 157 Å². The highest BCUT2D eigenvalue weighted by Crippen LogP contribution is 2.41. The van der Waals surface area contributed by atoms with E-state index < -0.39 is 11.2 Å². The van der Waals surface area contributed by atoms with Crippen molar-refractivity contribution in [3.63, 3.8) is 0 Å². The first-order valence-corrected chi connectivity index (χ1v) is 10.3. The van der Waals surface area contributed by atoms with Crippen molar-refractivity contribution in [3.05, 3.63) is 35.9 Å². The molecule has 3 heteroatoms. The van der Waals surface area contributed by atoms with Gasteiger partial charge in [0.1, 0.15) is 5.60 Å². The van der Waals surface area contributed by atoms with E-state index in [1.807, 2.05) is 30.3 Å². The molecule has 0 amide bonds. The van der Waals surface area contributed by atoms with Gasteiger partial charge in [-0.15, -0.1) is 0 Å². The van der Waals surface area contributed by atoms with Crippen LogP contribution >= 0.6 is 0 Å². The minimum absolute atomic E-state index is 0.209. The topological polar surface area (TPSA) is 32.7 Å². The molecule has 0 aromatic heterocycles. The molecule has 0 spiro atoms. The van der Waals surface area contributed by atoms with Crippen LogP contribution in [0.3, 0.4) is 0 Å². The van der Waals surface area contributed by atoms with E-state index in [-0.39, 0.29) is 5.92 Å². The van der Waals surface area contributed by atoms with E-state index in [2.05, 4.69) is 16.7 Å². The molecule has 1 aromatic rings. The third kappa shape index (κ3) is 3.20. The predicted octanol–water partition coefficient (Wildman–Crippen LogP) is 3.57. The van der Waals surface area contributed by atoms with E-state index in [9.17, 15) is 5.11 Å². The van der Waals surface area contributed by atoms with Crippen LogP contribution in [0.2, 0.25) is 0 Å². The molecule has 3 nitrogen and oxygen atoms in total. The van der Waals surface area contributed by atoms with Crippen molar-refractivity contribution >= 4 is 0 Å². The van der Waals surface area contributed by atoms with Gasteiger partial charge in [-0.3, -0.25) is 4.90 Å². The molecule has 1 saturated carbocycles. The zero-order chi connectivity index (χ0) is 18.0. The van der Waals surface area contributed by atoms with Crippen molar-refractivity contribution in [2.45, 2.75) is 56.1 Å². The van der Waals surface area contributed by atoms with Crippen molar-refractivity contribution < 1.29 is 9.84 Å². The molecule has 4 aliphatic rings. The summed E-state index contributed by atoms with van der Waals surface area (Å²) in [4.78, 5) is 2.46. The van der Waals surface area contributed by atoms with Gasteiger partial charge < -0.3 is 9.84 Å². The molecule has 5 rings (SSSR count). The molecule has 1 N–H and O–H groups in total. The summed E-state index contributed by atoms with van der Waals surface area (Å²) in [5.41, 5.74) is -0.556. The van der Waals surface area contributed by atoms with Gasteiger partial charge in [0.25, 0.3) is 0 Å². The summed E-state index contributed by atoms with van der Waals surface area (Å²) in [6, 6.07) is 10.1. The Morgan fingerprint density at radius 3 is 2.35 bits per heavy atom. The summed E-state index contributed by atoms with van der Waals surface area (Å²) in [6.07, 6.45) is 8.05. The van der Waals surface area contributed by atoms with Gasteiger partial charge in [-0.25, -0.2) is 0 Å². The highest BCUT2D eigenvalue weighted by atomic mass is 16.5. The maximum Gasteiger partial charge on any atom is 0.153 e. The molecule has 3 saturated heterocycles. The van der Waals surface area contributed by atoms with E-state index in [0.717, 1.165) is 50.9 Å². The van der Waals surface area contributed by atoms with Gasteiger partial charge in [0.15, 0.2) is 5.60 Å². The van der Waals surface area contributed by atoms with Crippen molar-refractivity contribution in [2.75, 3.05) is 26.7 Å². The van der Waals surface area contributed by atoms with Crippen molar-refractivity contribution in [2.24, 2.45) is 11.8 Å². The standard InChI is InChI=1S/C23H31NO2/c1-26-22(18-24-16-12-19(22)13-17-24)14-15-23(25,20-8-4-2-5-9-20)21-10-6-3-7-11-21/h2,4-5,8-9,19,21,25H,3,6-7,10-13,16-18H2,1H3/t22-,23+/m1/s1. The lowest BCUT2D eigenvalue weighted by Crippen LogP contribution is -2.59. The summed E-state index contributed by atoms with van der Waals surface area (Å²) in [7, 11) is 1.79. The monoisotopic (exact) mass is 353 g/mol. The second-order valence-electron chi connectivity index (χ2n) is 8.36. The first kappa shape index (κ1) is 18.0. The summed E-state index contributed by atoms with van der Waals surface area (Å²) in [5, 5.41) is 11.8. The molecule has 1 aromatic carbocycles. The number of nitrogens with zero attached hydrogens (tertiary/aromatic N) is 1. The Balaban J connectivity index is 1.70. The van der Waals surface area contributed by atoms with Crippen LogP contribution in [0.4, 0.5) is 0 Å². The van der Waals surface area contributed by atoms with Gasteiger partial charge in [0.05, 0.1) is 0 Å². The average Bonchev–Trinajstić information content (AvgIpc) is 2.74. The fraction of sp³-hybridized carbons (Fsp3) is 0.652. The van der Waals surface area contributed by atoms with Crippen LogP contribution in [-0.2, 0) is 10.3 Å². The van der Waals surface area contributed by atoms with Gasteiger partial charge >= 0.3 is 0 Å². The minimum Gasteiger partial charge on any atom is -0.373 e. The normalized spacial score (nSPS) is 33.9. The number of benzene rings is 1. The maximum absolute atomic E-state index is 11.8. The lowest BCUT2D eigenvalue weighted by Gasteiger charge is -2.50. The van der Waals surface area contributed by atoms with E-state index >= 15 is 0 Å². The Kier molecular flexibility index (Phi) is 5.10. The molecule has 4 fully saturated rings. The van der Waals surface area contributed by atoms with Crippen LogP contribution in [0.25, 0.3) is 0 Å². The molecule has 1 aliphatic carbocycles. The molecule has 0 unspecified atom stereocenters. The third-order valence-corrected chi connectivity index (χ3v) is 6.94. The Morgan fingerprint density at radius 1 is 1.08 bits per heavy atom. The molecular weight excluding hydrogens is 322 g/mol. The van der Waals surface area contributed by atoms with Crippen molar-refractivity contribution in [3.8, 4) is 11.8 Å². The number of hydrogen-bond acceptors (Lipinski definition) is 3. The van der Waals surface area contributed by atoms with Gasteiger partial charge in [0, 0.05) is 25.5 Å². The molecule has 0 radical (unpaired) electrons. The van der Waals surface area contributed by atoms with Crippen LogP contribution in [0.15, 0.2) is 30.3 Å². The molecule has 26 heavy (non-hydrogen) atoms. The van der Waals surface area contributed by atoms with Crippen LogP contribution in [0.1, 0.15) is 50.5 Å². The van der Waals surface area contributed by atoms with Crippen molar-refractivity contribution in [1.29, 1.82) is 0 Å². The predicted molar refractivity (Wildman–Crippen MR) is 104 cm³/mol. The lowest BCUT2D eigenvalue weighted by molar-refractivity contribution is -0.0968. The van der Waals surface area contributed by atoms with E-state index in [1.165, 1.54) is 19.3 Å². The van der Waals surface area contributed by atoms with Crippen LogP contribution < -0.4 is 0 Å². The minimum atomic E-state index is -1.07. The van der Waals surface area contributed by atoms with Gasteiger partial charge in [-0.2, -0.15) is 0 Å². The molecule has 3 aliphatic heterocycles. The van der Waals surface area contributed by atoms with E-state index in [4.69, 9.17) is 4.74 Å². The molecule has 2 atom stereocenters. The summed E-state index contributed by atoms with van der Waals surface area (Å²) < 4.78 is 6.00. The van der Waals surface area contributed by atoms with Gasteiger partial charge in [-0.1, -0.05) is 61.4 Å². The molecule has 2 bridgehead atoms. The third-order valence-electron chi connectivity index (χ3n) is 6.94. The SMILES string of the molecule is CO[C@]1(C#C[C@](O)(c2ccccc2)C2CCCCC2)CN2CCC1CC2. The Bertz CT molecular complexity index is 664. The van der Waals surface area contributed by atoms with E-state index in [1.54, 1.807) is 7.11 Å². The Hall–Kier alpha value is -1.34. The zero-order valence-corrected chi connectivity index (χ0v) is 15.9. The largest absolute Gasteiger partial charge is 0.373 e. The zero-order valence-electron chi connectivity index (χ0n) is 15.9. The smallest absolute Gasteiger partial charge is 0.153 e. The second kappa shape index (κ2) is 7.35.